The fourth-order valence-corrected chi connectivity index (χ4v) is 2.78. The Balaban J connectivity index is 2.04. The molecule has 0 unspecified atom stereocenters. The van der Waals surface area contributed by atoms with Crippen LogP contribution in [0.2, 0.25) is 0 Å². The van der Waals surface area contributed by atoms with Crippen molar-refractivity contribution in [2.24, 2.45) is 0 Å². The van der Waals surface area contributed by atoms with Gasteiger partial charge < -0.3 is 10.4 Å². The van der Waals surface area contributed by atoms with Gasteiger partial charge in [-0.2, -0.15) is 0 Å². The van der Waals surface area contributed by atoms with E-state index in [-0.39, 0.29) is 0 Å². The third-order valence-corrected chi connectivity index (χ3v) is 3.74. The van der Waals surface area contributed by atoms with Crippen molar-refractivity contribution in [3.63, 3.8) is 0 Å². The van der Waals surface area contributed by atoms with Gasteiger partial charge in [0.2, 0.25) is 0 Å². The van der Waals surface area contributed by atoms with Gasteiger partial charge in [-0.25, -0.2) is 4.79 Å². The molecule has 0 saturated heterocycles. The zero-order valence-corrected chi connectivity index (χ0v) is 11.5. The van der Waals surface area contributed by atoms with Gasteiger partial charge in [0.15, 0.2) is 0 Å². The molecule has 0 fully saturated rings. The van der Waals surface area contributed by atoms with Crippen LogP contribution in [0, 0.1) is 3.57 Å². The Bertz CT molecular complexity index is 469. The van der Waals surface area contributed by atoms with Crippen LogP contribution in [0.25, 0.3) is 0 Å². The molecule has 0 spiro atoms. The lowest BCUT2D eigenvalue weighted by Crippen LogP contribution is -2.02. The molecule has 0 saturated carbocycles. The van der Waals surface area contributed by atoms with E-state index < -0.39 is 5.97 Å². The number of hydrogen-bond donors (Lipinski definition) is 2. The van der Waals surface area contributed by atoms with E-state index in [1.54, 1.807) is 6.08 Å². The Kier molecular flexibility index (Phi) is 4.04. The maximum atomic E-state index is 10.3. The SMILES string of the molecule is O=C(O)/C=C\CNc1cc2c(cc1I)CCC2. The molecule has 0 aromatic heterocycles. The van der Waals surface area contributed by atoms with Crippen LogP contribution >= 0.6 is 22.6 Å². The minimum atomic E-state index is -0.907. The van der Waals surface area contributed by atoms with Crippen molar-refractivity contribution in [1.29, 1.82) is 0 Å². The highest BCUT2D eigenvalue weighted by Crippen LogP contribution is 2.29. The molecule has 1 aliphatic carbocycles. The second kappa shape index (κ2) is 5.53. The number of aliphatic carboxylic acids is 1. The average Bonchev–Trinajstić information content (AvgIpc) is 2.71. The average molecular weight is 343 g/mol. The van der Waals surface area contributed by atoms with Crippen LogP contribution in [-0.4, -0.2) is 17.6 Å². The molecule has 2 N–H and O–H groups in total. The van der Waals surface area contributed by atoms with E-state index in [0.717, 1.165) is 18.2 Å². The number of benzene rings is 1. The van der Waals surface area contributed by atoms with Crippen LogP contribution in [0.15, 0.2) is 24.3 Å². The summed E-state index contributed by atoms with van der Waals surface area (Å²) in [6.45, 7) is 0.543. The minimum absolute atomic E-state index is 0.543. The standard InChI is InChI=1S/C13H14INO2/c14-11-7-9-3-1-4-10(9)8-12(11)15-6-2-5-13(16)17/h2,5,7-8,15H,1,3-4,6H2,(H,16,17)/b5-2-. The van der Waals surface area contributed by atoms with Crippen LogP contribution < -0.4 is 5.32 Å². The predicted molar refractivity (Wildman–Crippen MR) is 76.4 cm³/mol. The Morgan fingerprint density at radius 1 is 1.41 bits per heavy atom. The Morgan fingerprint density at radius 3 is 2.82 bits per heavy atom. The zero-order chi connectivity index (χ0) is 12.3. The Hall–Kier alpha value is -1.04. The second-order valence-corrected chi connectivity index (χ2v) is 5.24. The predicted octanol–water partition coefficient (Wildman–Crippen LogP) is 2.83. The van der Waals surface area contributed by atoms with Gasteiger partial charge in [-0.05, 0) is 65.1 Å². The highest BCUT2D eigenvalue weighted by Gasteiger charge is 2.13. The first-order chi connectivity index (χ1) is 8.16. The van der Waals surface area contributed by atoms with Crippen molar-refractivity contribution in [2.75, 3.05) is 11.9 Å². The van der Waals surface area contributed by atoms with Gasteiger partial charge in [0, 0.05) is 21.9 Å². The van der Waals surface area contributed by atoms with E-state index in [1.165, 1.54) is 27.5 Å². The molecular weight excluding hydrogens is 329 g/mol. The first-order valence-electron chi connectivity index (χ1n) is 5.61. The molecule has 90 valence electrons. The largest absolute Gasteiger partial charge is 0.478 e. The topological polar surface area (TPSA) is 49.3 Å². The molecule has 0 aliphatic heterocycles. The Morgan fingerprint density at radius 2 is 2.12 bits per heavy atom. The van der Waals surface area contributed by atoms with Gasteiger partial charge >= 0.3 is 5.97 Å². The summed E-state index contributed by atoms with van der Waals surface area (Å²) in [7, 11) is 0. The van der Waals surface area contributed by atoms with Crippen molar-refractivity contribution >= 4 is 34.2 Å². The van der Waals surface area contributed by atoms with Gasteiger partial charge in [0.25, 0.3) is 0 Å². The number of anilines is 1. The summed E-state index contributed by atoms with van der Waals surface area (Å²) in [5.74, 6) is -0.907. The van der Waals surface area contributed by atoms with Crippen molar-refractivity contribution < 1.29 is 9.90 Å². The van der Waals surface area contributed by atoms with Crippen LogP contribution in [-0.2, 0) is 17.6 Å². The number of carboxylic acids is 1. The van der Waals surface area contributed by atoms with Crippen molar-refractivity contribution in [3.8, 4) is 0 Å². The van der Waals surface area contributed by atoms with Crippen LogP contribution in [0.3, 0.4) is 0 Å². The van der Waals surface area contributed by atoms with Crippen molar-refractivity contribution in [3.05, 3.63) is 39.0 Å². The summed E-state index contributed by atoms with van der Waals surface area (Å²) in [6, 6.07) is 4.42. The number of aryl methyl sites for hydroxylation is 2. The summed E-state index contributed by atoms with van der Waals surface area (Å²) in [5, 5.41) is 11.7. The molecule has 3 nitrogen and oxygen atoms in total. The van der Waals surface area contributed by atoms with Crippen LogP contribution in [0.5, 0.6) is 0 Å². The number of hydrogen-bond acceptors (Lipinski definition) is 2. The maximum Gasteiger partial charge on any atom is 0.328 e. The fourth-order valence-electron chi connectivity index (χ4n) is 2.06. The number of rotatable bonds is 4. The molecule has 1 aromatic rings. The number of carboxylic acid groups (broad SMARTS) is 1. The first kappa shape index (κ1) is 12.4. The number of nitrogens with one attached hydrogen (secondary N) is 1. The van der Waals surface area contributed by atoms with E-state index in [4.69, 9.17) is 5.11 Å². The maximum absolute atomic E-state index is 10.3. The lowest BCUT2D eigenvalue weighted by molar-refractivity contribution is -0.131. The molecule has 0 bridgehead atoms. The molecule has 0 atom stereocenters. The lowest BCUT2D eigenvalue weighted by atomic mass is 10.1. The van der Waals surface area contributed by atoms with Gasteiger partial charge in [-0.1, -0.05) is 6.08 Å². The summed E-state index contributed by atoms with van der Waals surface area (Å²) >= 11 is 2.32. The van der Waals surface area contributed by atoms with Gasteiger partial charge in [-0.15, -0.1) is 0 Å². The van der Waals surface area contributed by atoms with E-state index >= 15 is 0 Å². The van der Waals surface area contributed by atoms with Crippen LogP contribution in [0.4, 0.5) is 5.69 Å². The summed E-state index contributed by atoms with van der Waals surface area (Å²) < 4.78 is 1.20. The van der Waals surface area contributed by atoms with Crippen molar-refractivity contribution in [1.82, 2.24) is 0 Å². The highest BCUT2D eigenvalue weighted by molar-refractivity contribution is 14.1. The third kappa shape index (κ3) is 3.21. The highest BCUT2D eigenvalue weighted by atomic mass is 127. The number of fused-ring (bicyclic) bond motifs is 1. The second-order valence-electron chi connectivity index (χ2n) is 4.08. The van der Waals surface area contributed by atoms with Gasteiger partial charge in [-0.3, -0.25) is 0 Å². The zero-order valence-electron chi connectivity index (χ0n) is 9.37. The van der Waals surface area contributed by atoms with E-state index in [0.29, 0.717) is 6.54 Å². The quantitative estimate of drug-likeness (QED) is 0.653. The summed E-state index contributed by atoms with van der Waals surface area (Å²) in [6.07, 6.45) is 6.36. The van der Waals surface area contributed by atoms with E-state index in [2.05, 4.69) is 40.0 Å². The van der Waals surface area contributed by atoms with E-state index in [1.807, 2.05) is 0 Å². The summed E-state index contributed by atoms with van der Waals surface area (Å²) in [5.41, 5.74) is 3.98. The molecule has 0 radical (unpaired) electrons. The molecule has 0 amide bonds. The number of halogens is 1. The fraction of sp³-hybridized carbons (Fsp3) is 0.308. The third-order valence-electron chi connectivity index (χ3n) is 2.85. The molecule has 1 aliphatic rings. The van der Waals surface area contributed by atoms with Gasteiger partial charge in [0.1, 0.15) is 0 Å². The lowest BCUT2D eigenvalue weighted by Gasteiger charge is -2.09. The number of carbonyl (C=O) groups is 1. The van der Waals surface area contributed by atoms with Crippen molar-refractivity contribution in [2.45, 2.75) is 19.3 Å². The molecule has 1 aromatic carbocycles. The first-order valence-corrected chi connectivity index (χ1v) is 6.69. The minimum Gasteiger partial charge on any atom is -0.478 e. The summed E-state index contributed by atoms with van der Waals surface area (Å²) in [4.78, 5) is 10.3. The molecule has 0 heterocycles. The molecular formula is C13H14INO2. The van der Waals surface area contributed by atoms with E-state index in [9.17, 15) is 4.79 Å². The van der Waals surface area contributed by atoms with Gasteiger partial charge in [0.05, 0.1) is 0 Å². The smallest absolute Gasteiger partial charge is 0.328 e. The molecule has 17 heavy (non-hydrogen) atoms. The molecule has 2 rings (SSSR count). The Labute approximate surface area is 114 Å². The monoisotopic (exact) mass is 343 g/mol. The van der Waals surface area contributed by atoms with Crippen LogP contribution in [0.1, 0.15) is 17.5 Å². The molecule has 4 heteroatoms. The normalized spacial score (nSPS) is 13.9.